The lowest BCUT2D eigenvalue weighted by molar-refractivity contribution is -0.873. The second-order valence-corrected chi connectivity index (χ2v) is 1.88. The maximum absolute atomic E-state index is 10.7. The fraction of sp³-hybridized carbons (Fsp3) is 0.857. The van der Waals surface area contributed by atoms with Gasteiger partial charge in [0.15, 0.2) is 0 Å². The summed E-state index contributed by atoms with van der Waals surface area (Å²) in [5.74, 6) is -2.70. The van der Waals surface area contributed by atoms with E-state index >= 15 is 0 Å². The Morgan fingerprint density at radius 2 is 2.55 bits per heavy atom. The third-order valence-electron chi connectivity index (χ3n) is 0.550. The molecular formula is C7H15NO3. The van der Waals surface area contributed by atoms with Gasteiger partial charge in [-0.3, -0.25) is 0 Å². The van der Waals surface area contributed by atoms with Crippen LogP contribution >= 0.6 is 0 Å². The summed E-state index contributed by atoms with van der Waals surface area (Å²) in [5.41, 5.74) is 0. The molecule has 66 valence electrons. The molecule has 0 saturated carbocycles. The second kappa shape index (κ2) is 3.69. The van der Waals surface area contributed by atoms with Gasteiger partial charge in [0.2, 0.25) is 0 Å². The fourth-order valence-corrected chi connectivity index (χ4v) is 0.336. The van der Waals surface area contributed by atoms with Crippen LogP contribution in [0.25, 0.3) is 0 Å². The summed E-state index contributed by atoms with van der Waals surface area (Å²) in [4.78, 5) is 10.7. The molecule has 0 spiro atoms. The lowest BCUT2D eigenvalue weighted by atomic mass is 10.2. The standard InChI is InChI=1S/C7H15NO3/c1-8(2,3)5-6(9)4-7(10)11/h6,9H,4-5H2,1-3H3/t6-/m0/s1/i1D3,2D3,4D2,5D2,6D. The number of aliphatic hydroxyl groups is 1. The predicted molar refractivity (Wildman–Crippen MR) is 38.5 cm³/mol. The molecule has 0 aromatic rings. The first-order valence-corrected chi connectivity index (χ1v) is 2.50. The number of aliphatic carboxylic acids is 1. The molecule has 4 heteroatoms. The molecule has 11 heavy (non-hydrogen) atoms. The summed E-state index contributed by atoms with van der Waals surface area (Å²) in [7, 11) is 0.310. The molecule has 0 rings (SSSR count). The van der Waals surface area contributed by atoms with Crippen LogP contribution in [0.5, 0.6) is 0 Å². The van der Waals surface area contributed by atoms with E-state index in [4.69, 9.17) is 15.1 Å². The maximum atomic E-state index is 10.7. The first-order chi connectivity index (χ1) is 9.19. The molecule has 0 aromatic carbocycles. The van der Waals surface area contributed by atoms with Gasteiger partial charge in [-0.15, -0.1) is 0 Å². The summed E-state index contributed by atoms with van der Waals surface area (Å²) in [6.45, 7) is -11.4. The van der Waals surface area contributed by atoms with Crippen LogP contribution in [-0.4, -0.2) is 49.1 Å². The molecule has 0 amide bonds. The largest absolute Gasteiger partial charge is 0.550 e. The molecule has 4 nitrogen and oxygen atoms in total. The maximum Gasteiger partial charge on any atom is 0.108 e. The van der Waals surface area contributed by atoms with E-state index in [2.05, 4.69) is 0 Å². The number of carbonyl (C=O) groups excluding carboxylic acids is 1. The van der Waals surface area contributed by atoms with E-state index in [9.17, 15) is 15.0 Å². The van der Waals surface area contributed by atoms with Crippen molar-refractivity contribution in [3.63, 3.8) is 0 Å². The molecule has 0 radical (unpaired) electrons. The van der Waals surface area contributed by atoms with E-state index in [1.54, 1.807) is 0 Å². The lowest BCUT2D eigenvalue weighted by Gasteiger charge is -2.26. The van der Waals surface area contributed by atoms with Gasteiger partial charge in [-0.1, -0.05) is 0 Å². The Morgan fingerprint density at radius 1 is 2.00 bits per heavy atom. The van der Waals surface area contributed by atoms with Gasteiger partial charge in [-0.2, -0.15) is 0 Å². The SMILES string of the molecule is [2H]C([2H])(C(=O)[O-])[C@]([2H])(O)C([2H])([2H])[N+](C)(C([2H])([2H])[2H])C([2H])([2H])[2H]. The molecule has 0 saturated heterocycles. The molecule has 0 bridgehead atoms. The fourth-order valence-electron chi connectivity index (χ4n) is 0.336. The van der Waals surface area contributed by atoms with Crippen LogP contribution in [0.3, 0.4) is 0 Å². The monoisotopic (exact) mass is 172 g/mol. The second-order valence-electron chi connectivity index (χ2n) is 1.88. The van der Waals surface area contributed by atoms with Crippen molar-refractivity contribution >= 4 is 5.97 Å². The van der Waals surface area contributed by atoms with Crippen molar-refractivity contribution in [1.82, 2.24) is 0 Å². The third-order valence-corrected chi connectivity index (χ3v) is 0.550. The Morgan fingerprint density at radius 3 is 2.91 bits per heavy atom. The van der Waals surface area contributed by atoms with E-state index in [-0.39, 0.29) is 0 Å². The Labute approximate surface area is 82.1 Å². The Kier molecular flexibility index (Phi) is 0.738. The summed E-state index contributed by atoms with van der Waals surface area (Å²) in [6.07, 6.45) is -8.37. The average molecular weight is 172 g/mol. The lowest BCUT2D eigenvalue weighted by Crippen LogP contribution is -2.43. The third kappa shape index (κ3) is 7.29. The number of likely N-dealkylation sites (N-methyl/N-ethyl adjacent to an activating group) is 1. The Balaban J connectivity index is 6.58. The van der Waals surface area contributed by atoms with Gasteiger partial charge in [0.1, 0.15) is 12.6 Å². The number of hydrogen-bond acceptors (Lipinski definition) is 3. The first kappa shape index (κ1) is 2.20. The topological polar surface area (TPSA) is 60.4 Å². The van der Waals surface area contributed by atoms with E-state index < -0.39 is 43.4 Å². The van der Waals surface area contributed by atoms with Crippen molar-refractivity contribution < 1.29 is 34.6 Å². The minimum Gasteiger partial charge on any atom is -0.550 e. The van der Waals surface area contributed by atoms with Gasteiger partial charge >= 0.3 is 0 Å². The van der Waals surface area contributed by atoms with Gasteiger partial charge in [-0.25, -0.2) is 0 Å². The highest BCUT2D eigenvalue weighted by Gasteiger charge is 2.14. The van der Waals surface area contributed by atoms with Crippen molar-refractivity contribution in [2.24, 2.45) is 0 Å². The van der Waals surface area contributed by atoms with Crippen LogP contribution in [0.4, 0.5) is 0 Å². The molecule has 0 unspecified atom stereocenters. The van der Waals surface area contributed by atoms with E-state index in [1.807, 2.05) is 0 Å². The van der Waals surface area contributed by atoms with E-state index in [0.717, 1.165) is 0 Å². The Hall–Kier alpha value is -0.610. The molecule has 0 heterocycles. The van der Waals surface area contributed by atoms with Gasteiger partial charge in [0.25, 0.3) is 0 Å². The average Bonchev–Trinajstić information content (AvgIpc) is 2.23. The van der Waals surface area contributed by atoms with Gasteiger partial charge in [0, 0.05) is 15.1 Å². The van der Waals surface area contributed by atoms with Crippen LogP contribution < -0.4 is 5.11 Å². The summed E-state index contributed by atoms with van der Waals surface area (Å²) in [6, 6.07) is 0. The van der Waals surface area contributed by atoms with Crippen LogP contribution in [0.2, 0.25) is 0 Å². The van der Waals surface area contributed by atoms with Gasteiger partial charge < -0.3 is 19.5 Å². The Bertz CT molecular complexity index is 438. The first-order valence-electron chi connectivity index (χ1n) is 8.00. The number of rotatable bonds is 4. The molecule has 0 aromatic heterocycles. The van der Waals surface area contributed by atoms with Gasteiger partial charge in [-0.05, 0) is 0 Å². The molecule has 0 aliphatic carbocycles. The number of carboxylic acids is 1. The predicted octanol–water partition coefficient (Wildman–Crippen LogP) is -1.81. The number of carbonyl (C=O) groups is 1. The van der Waals surface area contributed by atoms with Crippen LogP contribution in [0.15, 0.2) is 0 Å². The number of carboxylic acid groups (broad SMARTS) is 1. The van der Waals surface area contributed by atoms with Crippen LogP contribution in [0, 0.1) is 0 Å². The molecule has 0 fully saturated rings. The zero-order chi connectivity index (χ0) is 18.6. The van der Waals surface area contributed by atoms with Gasteiger partial charge in [0.05, 0.1) is 33.3 Å². The van der Waals surface area contributed by atoms with E-state index in [0.29, 0.717) is 7.05 Å². The molecule has 0 aliphatic rings. The smallest absolute Gasteiger partial charge is 0.108 e. The summed E-state index contributed by atoms with van der Waals surface area (Å²) < 4.78 is 77.4. The summed E-state index contributed by atoms with van der Waals surface area (Å²) in [5, 5.41) is 20.5. The molecule has 1 atom stereocenters. The van der Waals surface area contributed by atoms with Crippen LogP contribution in [-0.2, 0) is 4.79 Å². The number of hydrogen-bond donors (Lipinski definition) is 1. The highest BCUT2D eigenvalue weighted by molar-refractivity contribution is 5.64. The molecule has 1 N–H and O–H groups in total. The van der Waals surface area contributed by atoms with Crippen molar-refractivity contribution in [3.8, 4) is 0 Å². The number of nitrogens with zero attached hydrogens (tertiary/aromatic N) is 1. The highest BCUT2D eigenvalue weighted by atomic mass is 16.4. The minimum absolute atomic E-state index is 0.310. The molecule has 0 aliphatic heterocycles. The van der Waals surface area contributed by atoms with Crippen molar-refractivity contribution in [2.45, 2.75) is 12.5 Å². The normalized spacial score (nSPS) is 37.1. The summed E-state index contributed by atoms with van der Waals surface area (Å²) >= 11 is 0. The zero-order valence-electron chi connectivity index (χ0n) is 16.7. The quantitative estimate of drug-likeness (QED) is 0.509. The van der Waals surface area contributed by atoms with Crippen LogP contribution in [0.1, 0.15) is 21.5 Å². The highest BCUT2D eigenvalue weighted by Crippen LogP contribution is 1.97. The number of quaternary nitrogens is 1. The van der Waals surface area contributed by atoms with Crippen molar-refractivity contribution in [1.29, 1.82) is 0 Å². The van der Waals surface area contributed by atoms with Crippen molar-refractivity contribution in [3.05, 3.63) is 0 Å². The minimum atomic E-state index is -4.28. The van der Waals surface area contributed by atoms with Crippen molar-refractivity contribution in [2.75, 3.05) is 27.5 Å². The van der Waals surface area contributed by atoms with E-state index in [1.165, 1.54) is 0 Å². The zero-order valence-corrected chi connectivity index (χ0v) is 5.71. The molecular weight excluding hydrogens is 146 g/mol.